The van der Waals surface area contributed by atoms with Gasteiger partial charge in [-0.1, -0.05) is 29.5 Å². The molecule has 1 amide bonds. The number of hydrogen-bond donors (Lipinski definition) is 1. The number of nitrogens with zero attached hydrogens (tertiary/aromatic N) is 3. The maximum Gasteiger partial charge on any atom is 0.267 e. The van der Waals surface area contributed by atoms with Gasteiger partial charge >= 0.3 is 0 Å². The van der Waals surface area contributed by atoms with Crippen LogP contribution in [0, 0.1) is 13.8 Å². The van der Waals surface area contributed by atoms with E-state index >= 15 is 0 Å². The third-order valence-electron chi connectivity index (χ3n) is 5.72. The fourth-order valence-electron chi connectivity index (χ4n) is 4.06. The van der Waals surface area contributed by atoms with Crippen molar-refractivity contribution in [1.29, 1.82) is 0 Å². The van der Waals surface area contributed by atoms with Gasteiger partial charge in [-0.25, -0.2) is 10.4 Å². The number of furan rings is 1. The molecule has 7 nitrogen and oxygen atoms in total. The third kappa shape index (κ3) is 4.58. The van der Waals surface area contributed by atoms with Gasteiger partial charge in [0.05, 0.1) is 23.0 Å². The molecule has 0 aliphatic heterocycles. The highest BCUT2D eigenvalue weighted by Gasteiger charge is 2.23. The molecule has 34 heavy (non-hydrogen) atoms. The van der Waals surface area contributed by atoms with Crippen LogP contribution in [0.2, 0.25) is 0 Å². The fourth-order valence-corrected chi connectivity index (χ4v) is 6.17. The predicted octanol–water partition coefficient (Wildman–Crippen LogP) is 4.78. The molecule has 0 fully saturated rings. The minimum absolute atomic E-state index is 0.0672. The number of rotatable bonds is 6. The number of thioether (sulfide) groups is 1. The van der Waals surface area contributed by atoms with Crippen LogP contribution in [0.1, 0.15) is 40.4 Å². The minimum atomic E-state index is -0.292. The number of thiophene rings is 1. The largest absolute Gasteiger partial charge is 0.460 e. The average Bonchev–Trinajstić information content (AvgIpc) is 3.41. The molecule has 4 aromatic rings. The monoisotopic (exact) mass is 492 g/mol. The summed E-state index contributed by atoms with van der Waals surface area (Å²) in [6.45, 7) is 3.85. The van der Waals surface area contributed by atoms with E-state index in [9.17, 15) is 9.59 Å². The van der Waals surface area contributed by atoms with E-state index in [1.165, 1.54) is 22.9 Å². The Balaban J connectivity index is 1.45. The summed E-state index contributed by atoms with van der Waals surface area (Å²) in [4.78, 5) is 33.0. The number of aromatic nitrogens is 2. The van der Waals surface area contributed by atoms with Crippen molar-refractivity contribution in [3.8, 4) is 5.69 Å². The number of fused-ring (bicyclic) bond motifs is 3. The van der Waals surface area contributed by atoms with Crippen molar-refractivity contribution < 1.29 is 9.21 Å². The van der Waals surface area contributed by atoms with Crippen molar-refractivity contribution in [1.82, 2.24) is 15.0 Å². The molecular weight excluding hydrogens is 468 g/mol. The summed E-state index contributed by atoms with van der Waals surface area (Å²) in [5.74, 6) is 1.12. The van der Waals surface area contributed by atoms with Crippen molar-refractivity contribution >= 4 is 45.4 Å². The Bertz CT molecular complexity index is 1450. The molecule has 3 aromatic heterocycles. The van der Waals surface area contributed by atoms with E-state index in [-0.39, 0.29) is 17.2 Å². The smallest absolute Gasteiger partial charge is 0.267 e. The Kier molecular flexibility index (Phi) is 6.38. The van der Waals surface area contributed by atoms with E-state index in [1.54, 1.807) is 22.0 Å². The quantitative estimate of drug-likeness (QED) is 0.181. The number of carbonyl (C=O) groups excluding carboxylic acids is 1. The van der Waals surface area contributed by atoms with Crippen LogP contribution in [0.3, 0.4) is 0 Å². The first-order chi connectivity index (χ1) is 16.5. The van der Waals surface area contributed by atoms with Gasteiger partial charge in [-0.15, -0.1) is 11.3 Å². The van der Waals surface area contributed by atoms with E-state index in [1.807, 2.05) is 44.2 Å². The Labute approximate surface area is 204 Å². The summed E-state index contributed by atoms with van der Waals surface area (Å²) >= 11 is 2.84. The number of nitrogens with one attached hydrogen (secondary N) is 1. The van der Waals surface area contributed by atoms with Gasteiger partial charge < -0.3 is 4.42 Å². The lowest BCUT2D eigenvalue weighted by Crippen LogP contribution is -2.24. The van der Waals surface area contributed by atoms with Crippen molar-refractivity contribution in [2.75, 3.05) is 5.75 Å². The van der Waals surface area contributed by atoms with Gasteiger partial charge in [0.15, 0.2) is 5.16 Å². The zero-order chi connectivity index (χ0) is 23.7. The number of aryl methyl sites for hydroxylation is 4. The highest BCUT2D eigenvalue weighted by molar-refractivity contribution is 7.99. The molecule has 0 unspecified atom stereocenters. The lowest BCUT2D eigenvalue weighted by molar-refractivity contribution is -0.118. The standard InChI is InChI=1S/C25H24N4O3S2/c1-15-7-10-17(11-8-15)29-24(31)22-19-5-3-4-6-20(19)34-23(22)27-25(29)33-14-21(30)28-26-13-18-12-9-16(2)32-18/h7-13H,3-6,14H2,1-2H3,(H,28,30). The SMILES string of the molecule is Cc1ccc(-n2c(SCC(=O)NN=Cc3ccc(C)o3)nc3sc4c(c3c2=O)CCCC4)cc1. The summed E-state index contributed by atoms with van der Waals surface area (Å²) in [7, 11) is 0. The Hall–Kier alpha value is -3.17. The third-order valence-corrected chi connectivity index (χ3v) is 7.85. The molecular formula is C25H24N4O3S2. The van der Waals surface area contributed by atoms with E-state index in [2.05, 4.69) is 10.5 Å². The molecule has 0 saturated heterocycles. The average molecular weight is 493 g/mol. The van der Waals surface area contributed by atoms with Crippen LogP contribution in [-0.4, -0.2) is 27.4 Å². The van der Waals surface area contributed by atoms with Crippen molar-refractivity contribution in [3.05, 3.63) is 74.3 Å². The summed E-state index contributed by atoms with van der Waals surface area (Å²) in [6.07, 6.45) is 5.61. The number of carbonyl (C=O) groups is 1. The molecule has 1 N–H and O–H groups in total. The molecule has 0 bridgehead atoms. The van der Waals surface area contributed by atoms with Gasteiger partial charge in [0.2, 0.25) is 0 Å². The van der Waals surface area contributed by atoms with Gasteiger partial charge in [0.1, 0.15) is 16.4 Å². The first kappa shape index (κ1) is 22.6. The maximum atomic E-state index is 13.7. The summed E-state index contributed by atoms with van der Waals surface area (Å²) in [5.41, 5.74) is 5.45. The van der Waals surface area contributed by atoms with E-state index in [0.29, 0.717) is 10.9 Å². The number of hydrazone groups is 1. The molecule has 3 heterocycles. The number of amides is 1. The second-order valence-electron chi connectivity index (χ2n) is 8.29. The molecule has 1 aliphatic rings. The Morgan fingerprint density at radius 3 is 2.76 bits per heavy atom. The second kappa shape index (κ2) is 9.60. The van der Waals surface area contributed by atoms with Gasteiger partial charge in [-0.3, -0.25) is 14.2 Å². The first-order valence-corrected chi connectivity index (χ1v) is 13.0. The summed E-state index contributed by atoms with van der Waals surface area (Å²) in [6, 6.07) is 11.4. The van der Waals surface area contributed by atoms with Crippen LogP contribution in [0.15, 0.2) is 55.9 Å². The van der Waals surface area contributed by atoms with Gasteiger partial charge in [0, 0.05) is 4.88 Å². The molecule has 9 heteroatoms. The van der Waals surface area contributed by atoms with Crippen LogP contribution >= 0.6 is 23.1 Å². The minimum Gasteiger partial charge on any atom is -0.460 e. The number of benzene rings is 1. The lowest BCUT2D eigenvalue weighted by Gasteiger charge is -2.13. The van der Waals surface area contributed by atoms with Gasteiger partial charge in [-0.05, 0) is 69.4 Å². The Morgan fingerprint density at radius 1 is 1.21 bits per heavy atom. The first-order valence-electron chi connectivity index (χ1n) is 11.1. The zero-order valence-electron chi connectivity index (χ0n) is 19.0. The fraction of sp³-hybridized carbons (Fsp3) is 0.280. The van der Waals surface area contributed by atoms with Crippen molar-refractivity contribution in [2.45, 2.75) is 44.7 Å². The van der Waals surface area contributed by atoms with E-state index in [4.69, 9.17) is 9.40 Å². The van der Waals surface area contributed by atoms with Crippen LogP contribution in [0.4, 0.5) is 0 Å². The van der Waals surface area contributed by atoms with Crippen LogP contribution in [0.5, 0.6) is 0 Å². The maximum absolute atomic E-state index is 13.7. The van der Waals surface area contributed by atoms with E-state index in [0.717, 1.165) is 58.5 Å². The summed E-state index contributed by atoms with van der Waals surface area (Å²) < 4.78 is 7.04. The molecule has 1 aliphatic carbocycles. The van der Waals surface area contributed by atoms with Gasteiger partial charge in [0.25, 0.3) is 11.5 Å². The highest BCUT2D eigenvalue weighted by Crippen LogP contribution is 2.35. The molecule has 0 radical (unpaired) electrons. The molecule has 174 valence electrons. The molecule has 0 saturated carbocycles. The van der Waals surface area contributed by atoms with Gasteiger partial charge in [-0.2, -0.15) is 5.10 Å². The topological polar surface area (TPSA) is 89.5 Å². The van der Waals surface area contributed by atoms with E-state index < -0.39 is 0 Å². The van der Waals surface area contributed by atoms with Crippen molar-refractivity contribution in [2.24, 2.45) is 5.10 Å². The zero-order valence-corrected chi connectivity index (χ0v) is 20.6. The van der Waals surface area contributed by atoms with Crippen LogP contribution < -0.4 is 11.0 Å². The number of hydrogen-bond acceptors (Lipinski definition) is 7. The van der Waals surface area contributed by atoms with Crippen molar-refractivity contribution in [3.63, 3.8) is 0 Å². The highest BCUT2D eigenvalue weighted by atomic mass is 32.2. The lowest BCUT2D eigenvalue weighted by atomic mass is 9.97. The van der Waals surface area contributed by atoms with Crippen LogP contribution in [-0.2, 0) is 17.6 Å². The normalized spacial score (nSPS) is 13.5. The second-order valence-corrected chi connectivity index (χ2v) is 10.3. The molecule has 1 aromatic carbocycles. The molecule has 0 spiro atoms. The summed E-state index contributed by atoms with van der Waals surface area (Å²) in [5, 5.41) is 5.18. The van der Waals surface area contributed by atoms with Crippen LogP contribution in [0.25, 0.3) is 15.9 Å². The Morgan fingerprint density at radius 2 is 2.00 bits per heavy atom. The molecule has 0 atom stereocenters. The predicted molar refractivity (Wildman–Crippen MR) is 137 cm³/mol. The molecule has 5 rings (SSSR count).